The lowest BCUT2D eigenvalue weighted by Gasteiger charge is -2.23. The highest BCUT2D eigenvalue weighted by molar-refractivity contribution is 5.91. The number of carboxylic acid groups (broad SMARTS) is 1. The van der Waals surface area contributed by atoms with E-state index in [0.717, 1.165) is 5.56 Å². The number of carbonyl (C=O) groups is 3. The summed E-state index contributed by atoms with van der Waals surface area (Å²) in [7, 11) is 0. The van der Waals surface area contributed by atoms with Crippen LogP contribution in [-0.4, -0.2) is 54.1 Å². The van der Waals surface area contributed by atoms with E-state index in [0.29, 0.717) is 51.6 Å². The summed E-state index contributed by atoms with van der Waals surface area (Å²) < 4.78 is 0. The van der Waals surface area contributed by atoms with E-state index in [1.807, 2.05) is 30.3 Å². The van der Waals surface area contributed by atoms with Gasteiger partial charge >= 0.3 is 5.97 Å². The maximum absolute atomic E-state index is 12.7. The molecule has 1 rings (SSSR count). The maximum Gasteiger partial charge on any atom is 0.326 e. The zero-order valence-electron chi connectivity index (χ0n) is 17.4. The number of nitrogens with two attached hydrogens (primary N) is 3. The molecule has 0 spiro atoms. The van der Waals surface area contributed by atoms with Gasteiger partial charge in [0.25, 0.3) is 0 Å². The molecule has 0 saturated carbocycles. The molecule has 1 aromatic rings. The Morgan fingerprint density at radius 1 is 0.833 bits per heavy atom. The van der Waals surface area contributed by atoms with Gasteiger partial charge in [-0.3, -0.25) is 9.59 Å². The first-order valence-corrected chi connectivity index (χ1v) is 10.4. The van der Waals surface area contributed by atoms with E-state index in [2.05, 4.69) is 10.6 Å². The molecular formula is C21H35N5O4. The zero-order chi connectivity index (χ0) is 22.4. The summed E-state index contributed by atoms with van der Waals surface area (Å²) in [4.78, 5) is 36.7. The molecule has 168 valence electrons. The second-order valence-corrected chi connectivity index (χ2v) is 7.33. The Kier molecular flexibility index (Phi) is 12.3. The van der Waals surface area contributed by atoms with Crippen LogP contribution in [0.4, 0.5) is 0 Å². The van der Waals surface area contributed by atoms with Crippen molar-refractivity contribution in [3.05, 3.63) is 35.9 Å². The quantitative estimate of drug-likeness (QED) is 0.214. The lowest BCUT2D eigenvalue weighted by Crippen LogP contribution is -2.54. The van der Waals surface area contributed by atoms with Crippen molar-refractivity contribution >= 4 is 17.8 Å². The molecule has 0 unspecified atom stereocenters. The minimum atomic E-state index is -1.12. The van der Waals surface area contributed by atoms with Gasteiger partial charge in [-0.05, 0) is 63.6 Å². The summed E-state index contributed by atoms with van der Waals surface area (Å²) in [5, 5.41) is 14.6. The first kappa shape index (κ1) is 25.5. The predicted octanol–water partition coefficient (Wildman–Crippen LogP) is -0.131. The van der Waals surface area contributed by atoms with Crippen LogP contribution < -0.4 is 27.8 Å². The molecule has 0 bridgehead atoms. The second kappa shape index (κ2) is 14.5. The van der Waals surface area contributed by atoms with Crippen molar-refractivity contribution in [3.63, 3.8) is 0 Å². The number of hydrogen-bond acceptors (Lipinski definition) is 6. The predicted molar refractivity (Wildman–Crippen MR) is 115 cm³/mol. The maximum atomic E-state index is 12.7. The van der Waals surface area contributed by atoms with Gasteiger partial charge in [0.15, 0.2) is 0 Å². The number of rotatable bonds is 15. The molecule has 9 N–H and O–H groups in total. The van der Waals surface area contributed by atoms with Crippen molar-refractivity contribution in [1.82, 2.24) is 10.6 Å². The molecule has 0 aromatic heterocycles. The van der Waals surface area contributed by atoms with Gasteiger partial charge in [0.1, 0.15) is 12.1 Å². The normalized spacial score (nSPS) is 13.8. The van der Waals surface area contributed by atoms with Crippen molar-refractivity contribution in [1.29, 1.82) is 0 Å². The van der Waals surface area contributed by atoms with Gasteiger partial charge in [0.2, 0.25) is 11.8 Å². The van der Waals surface area contributed by atoms with Crippen molar-refractivity contribution in [2.75, 3.05) is 13.1 Å². The number of unbranched alkanes of at least 4 members (excludes halogenated alkanes) is 2. The Balaban J connectivity index is 2.74. The minimum Gasteiger partial charge on any atom is -0.480 e. The Labute approximate surface area is 177 Å². The van der Waals surface area contributed by atoms with Gasteiger partial charge in [-0.15, -0.1) is 0 Å². The smallest absolute Gasteiger partial charge is 0.326 e. The summed E-state index contributed by atoms with van der Waals surface area (Å²) >= 11 is 0. The van der Waals surface area contributed by atoms with E-state index < -0.39 is 35.9 Å². The molecular weight excluding hydrogens is 386 g/mol. The fourth-order valence-electron chi connectivity index (χ4n) is 3.02. The van der Waals surface area contributed by atoms with Gasteiger partial charge in [-0.1, -0.05) is 30.3 Å². The third-order valence-electron chi connectivity index (χ3n) is 4.78. The standard InChI is InChI=1S/C21H35N5O4/c22-12-6-4-10-17(20(28)26-18(21(29)30)11-5-7-13-23)25-19(27)16(24)14-15-8-2-1-3-9-15/h1-3,8-9,16-18H,4-7,10-14,22-24H2,(H,25,27)(H,26,28)(H,29,30)/t16-,17-,18-/m0/s1. The van der Waals surface area contributed by atoms with Crippen LogP contribution in [0.3, 0.4) is 0 Å². The molecule has 1 aromatic carbocycles. The summed E-state index contributed by atoms with van der Waals surface area (Å²) in [6.07, 6.45) is 3.52. The topological polar surface area (TPSA) is 174 Å². The van der Waals surface area contributed by atoms with Crippen molar-refractivity contribution in [2.45, 2.75) is 63.1 Å². The van der Waals surface area contributed by atoms with Crippen molar-refractivity contribution in [2.24, 2.45) is 17.2 Å². The Morgan fingerprint density at radius 2 is 1.37 bits per heavy atom. The largest absolute Gasteiger partial charge is 0.480 e. The highest BCUT2D eigenvalue weighted by Gasteiger charge is 2.27. The van der Waals surface area contributed by atoms with Crippen LogP contribution in [0.5, 0.6) is 0 Å². The molecule has 0 heterocycles. The summed E-state index contributed by atoms with van der Waals surface area (Å²) in [5.41, 5.74) is 17.9. The molecule has 0 aliphatic heterocycles. The van der Waals surface area contributed by atoms with Gasteiger partial charge in [-0.25, -0.2) is 4.79 Å². The Bertz CT molecular complexity index is 656. The van der Waals surface area contributed by atoms with E-state index in [-0.39, 0.29) is 6.42 Å². The number of carbonyl (C=O) groups excluding carboxylic acids is 2. The number of amides is 2. The van der Waals surface area contributed by atoms with E-state index >= 15 is 0 Å². The van der Waals surface area contributed by atoms with Crippen LogP contribution in [0.15, 0.2) is 30.3 Å². The average Bonchev–Trinajstić information content (AvgIpc) is 2.72. The highest BCUT2D eigenvalue weighted by atomic mass is 16.4. The molecule has 2 amide bonds. The van der Waals surface area contributed by atoms with E-state index in [1.54, 1.807) is 0 Å². The van der Waals surface area contributed by atoms with Crippen LogP contribution in [0, 0.1) is 0 Å². The number of nitrogens with one attached hydrogen (secondary N) is 2. The molecule has 30 heavy (non-hydrogen) atoms. The number of benzene rings is 1. The first-order valence-electron chi connectivity index (χ1n) is 10.4. The minimum absolute atomic E-state index is 0.273. The lowest BCUT2D eigenvalue weighted by molar-refractivity contribution is -0.142. The second-order valence-electron chi connectivity index (χ2n) is 7.33. The van der Waals surface area contributed by atoms with Gasteiger partial charge in [-0.2, -0.15) is 0 Å². The Hall–Kier alpha value is -2.49. The lowest BCUT2D eigenvalue weighted by atomic mass is 10.0. The van der Waals surface area contributed by atoms with Crippen LogP contribution in [-0.2, 0) is 20.8 Å². The monoisotopic (exact) mass is 421 g/mol. The first-order chi connectivity index (χ1) is 14.4. The average molecular weight is 422 g/mol. The van der Waals surface area contributed by atoms with E-state index in [4.69, 9.17) is 17.2 Å². The molecule has 0 radical (unpaired) electrons. The van der Waals surface area contributed by atoms with Gasteiger partial charge < -0.3 is 32.9 Å². The van der Waals surface area contributed by atoms with Gasteiger partial charge in [0.05, 0.1) is 6.04 Å². The molecule has 0 aliphatic rings. The fourth-order valence-corrected chi connectivity index (χ4v) is 3.02. The third kappa shape index (κ3) is 9.82. The molecule has 0 saturated heterocycles. The number of hydrogen-bond donors (Lipinski definition) is 6. The van der Waals surface area contributed by atoms with Crippen molar-refractivity contribution < 1.29 is 19.5 Å². The molecule has 9 nitrogen and oxygen atoms in total. The van der Waals surface area contributed by atoms with Gasteiger partial charge in [0, 0.05) is 0 Å². The zero-order valence-corrected chi connectivity index (χ0v) is 17.4. The molecule has 3 atom stereocenters. The van der Waals surface area contributed by atoms with Crippen molar-refractivity contribution in [3.8, 4) is 0 Å². The van der Waals surface area contributed by atoms with Crippen LogP contribution in [0.25, 0.3) is 0 Å². The SMILES string of the molecule is NCCCC[C@H](NC(=O)[C@H](CCCCN)NC(=O)[C@@H](N)Cc1ccccc1)C(=O)O. The van der Waals surface area contributed by atoms with Crippen LogP contribution in [0.2, 0.25) is 0 Å². The number of carboxylic acids is 1. The summed E-state index contributed by atoms with van der Waals surface area (Å²) in [6.45, 7) is 0.921. The third-order valence-corrected chi connectivity index (χ3v) is 4.78. The molecule has 9 heteroatoms. The van der Waals surface area contributed by atoms with Crippen LogP contribution in [0.1, 0.15) is 44.1 Å². The molecule has 0 fully saturated rings. The highest BCUT2D eigenvalue weighted by Crippen LogP contribution is 2.07. The summed E-state index contributed by atoms with van der Waals surface area (Å²) in [6, 6.07) is 6.61. The van der Waals surface area contributed by atoms with Crippen LogP contribution >= 0.6 is 0 Å². The fraction of sp³-hybridized carbons (Fsp3) is 0.571. The molecule has 0 aliphatic carbocycles. The number of aliphatic carboxylic acids is 1. The van der Waals surface area contributed by atoms with E-state index in [9.17, 15) is 19.5 Å². The summed E-state index contributed by atoms with van der Waals surface area (Å²) in [5.74, 6) is -2.11. The van der Waals surface area contributed by atoms with E-state index in [1.165, 1.54) is 0 Å². The Morgan fingerprint density at radius 3 is 1.90 bits per heavy atom.